The van der Waals surface area contributed by atoms with Crippen molar-refractivity contribution >= 4 is 34.6 Å². The molecule has 5 nitrogen and oxygen atoms in total. The van der Waals surface area contributed by atoms with Gasteiger partial charge in [-0.15, -0.1) is 0 Å². The zero-order chi connectivity index (χ0) is 23.1. The van der Waals surface area contributed by atoms with Gasteiger partial charge in [0, 0.05) is 28.6 Å². The third-order valence-electron chi connectivity index (χ3n) is 7.08. The van der Waals surface area contributed by atoms with Crippen LogP contribution in [0.25, 0.3) is 0 Å². The van der Waals surface area contributed by atoms with Gasteiger partial charge in [0.25, 0.3) is 0 Å². The number of benzene rings is 1. The molecule has 1 aromatic carbocycles. The highest BCUT2D eigenvalue weighted by atomic mass is 35.5. The Morgan fingerprint density at radius 3 is 2.61 bits per heavy atom. The Hall–Kier alpha value is -2.57. The summed E-state index contributed by atoms with van der Waals surface area (Å²) >= 11 is 12.1. The van der Waals surface area contributed by atoms with Crippen molar-refractivity contribution < 1.29 is 5.11 Å². The molecule has 2 aromatic heterocycles. The van der Waals surface area contributed by atoms with E-state index in [1.165, 1.54) is 49.1 Å². The van der Waals surface area contributed by atoms with Gasteiger partial charge in [0.2, 0.25) is 0 Å². The quantitative estimate of drug-likeness (QED) is 0.415. The fraction of sp³-hybridized carbons (Fsp3) is 0.385. The maximum atomic E-state index is 10.8. The van der Waals surface area contributed by atoms with Crippen LogP contribution in [0.3, 0.4) is 0 Å². The Bertz CT molecular complexity index is 1170. The lowest BCUT2D eigenvalue weighted by Crippen LogP contribution is -2.29. The Morgan fingerprint density at radius 2 is 1.88 bits per heavy atom. The molecule has 2 atom stereocenters. The number of aromatic nitrogens is 2. The number of anilines is 1. The van der Waals surface area contributed by atoms with Gasteiger partial charge < -0.3 is 19.9 Å². The molecule has 1 saturated heterocycles. The first-order chi connectivity index (χ1) is 16.0. The first-order valence-electron chi connectivity index (χ1n) is 11.6. The van der Waals surface area contributed by atoms with E-state index in [1.807, 2.05) is 29.3 Å². The number of aryl methyl sites for hydroxylation is 1. The summed E-state index contributed by atoms with van der Waals surface area (Å²) in [7, 11) is 0. The number of halogens is 1. The number of hydrogen-bond acceptors (Lipinski definition) is 3. The second-order valence-electron chi connectivity index (χ2n) is 9.12. The summed E-state index contributed by atoms with van der Waals surface area (Å²) in [5, 5.41) is 15.3. The zero-order valence-electron chi connectivity index (χ0n) is 19.0. The Morgan fingerprint density at radius 1 is 1.09 bits per heavy atom. The second kappa shape index (κ2) is 8.99. The molecule has 1 aliphatic carbocycles. The minimum atomic E-state index is -0.166. The van der Waals surface area contributed by atoms with Crippen LogP contribution in [0.2, 0.25) is 5.02 Å². The fourth-order valence-corrected chi connectivity index (χ4v) is 6.13. The van der Waals surface area contributed by atoms with E-state index in [0.29, 0.717) is 21.9 Å². The van der Waals surface area contributed by atoms with Crippen molar-refractivity contribution in [1.29, 1.82) is 0 Å². The Balaban J connectivity index is 1.66. The molecule has 172 valence electrons. The molecular weight excluding hydrogens is 452 g/mol. The molecule has 3 aromatic rings. The standard InChI is InChI=1S/C26H29ClN4OS/c1-16-14-20(17(2)30(16)19-8-4-3-5-9-19)25-24(21-10-6-7-13-28-21)29-26(33)31(25)22-15-18(27)11-12-23(22)32/h6-7,10-15,19,24-25,32H,3-5,8-9H2,1-2H3,(H,29,33)/t24-,25+/m0/s1. The summed E-state index contributed by atoms with van der Waals surface area (Å²) in [6, 6.07) is 13.5. The highest BCUT2D eigenvalue weighted by Crippen LogP contribution is 2.47. The summed E-state index contributed by atoms with van der Waals surface area (Å²) in [5.74, 6) is 0.149. The van der Waals surface area contributed by atoms with E-state index in [4.69, 9.17) is 23.8 Å². The third-order valence-corrected chi connectivity index (χ3v) is 7.63. The summed E-state index contributed by atoms with van der Waals surface area (Å²) < 4.78 is 2.52. The van der Waals surface area contributed by atoms with Crippen LogP contribution >= 0.6 is 23.8 Å². The minimum Gasteiger partial charge on any atom is -0.506 e. The van der Waals surface area contributed by atoms with Crippen LogP contribution in [0.1, 0.15) is 72.9 Å². The summed E-state index contributed by atoms with van der Waals surface area (Å²) in [4.78, 5) is 6.65. The normalized spacial score (nSPS) is 21.4. The summed E-state index contributed by atoms with van der Waals surface area (Å²) in [5.41, 5.74) is 5.23. The number of phenols is 1. The molecule has 0 bridgehead atoms. The van der Waals surface area contributed by atoms with Crippen LogP contribution in [-0.2, 0) is 0 Å². The zero-order valence-corrected chi connectivity index (χ0v) is 20.5. The van der Waals surface area contributed by atoms with E-state index in [0.717, 1.165) is 5.69 Å². The van der Waals surface area contributed by atoms with Crippen molar-refractivity contribution in [3.8, 4) is 5.75 Å². The third kappa shape index (κ3) is 4.00. The van der Waals surface area contributed by atoms with Gasteiger partial charge in [0.15, 0.2) is 5.11 Å². The van der Waals surface area contributed by atoms with E-state index < -0.39 is 0 Å². The van der Waals surface area contributed by atoms with Crippen LogP contribution in [0.15, 0.2) is 48.7 Å². The number of hydrogen-bond donors (Lipinski definition) is 2. The first kappa shape index (κ1) is 22.2. The number of aromatic hydroxyl groups is 1. The van der Waals surface area contributed by atoms with Gasteiger partial charge >= 0.3 is 0 Å². The van der Waals surface area contributed by atoms with Crippen molar-refractivity contribution in [2.45, 2.75) is 64.1 Å². The van der Waals surface area contributed by atoms with Gasteiger partial charge in [0.05, 0.1) is 23.5 Å². The maximum Gasteiger partial charge on any atom is 0.174 e. The summed E-state index contributed by atoms with van der Waals surface area (Å²) in [6.45, 7) is 4.41. The first-order valence-corrected chi connectivity index (χ1v) is 12.4. The van der Waals surface area contributed by atoms with Crippen LogP contribution in [-0.4, -0.2) is 19.8 Å². The molecule has 33 heavy (non-hydrogen) atoms. The van der Waals surface area contributed by atoms with Crippen LogP contribution in [0.4, 0.5) is 5.69 Å². The maximum absolute atomic E-state index is 10.8. The van der Waals surface area contributed by atoms with Crippen molar-refractivity contribution in [2.24, 2.45) is 0 Å². The highest BCUT2D eigenvalue weighted by Gasteiger charge is 2.43. The molecule has 7 heteroatoms. The molecular formula is C26H29ClN4OS. The molecule has 0 unspecified atom stereocenters. The molecule has 1 saturated carbocycles. The van der Waals surface area contributed by atoms with E-state index in [2.05, 4.69) is 34.8 Å². The fourth-order valence-electron chi connectivity index (χ4n) is 5.62. The predicted molar refractivity (Wildman–Crippen MR) is 137 cm³/mol. The van der Waals surface area contributed by atoms with Gasteiger partial charge in [-0.2, -0.15) is 0 Å². The van der Waals surface area contributed by atoms with E-state index in [-0.39, 0.29) is 17.8 Å². The van der Waals surface area contributed by atoms with Gasteiger partial charge in [-0.1, -0.05) is 36.9 Å². The molecule has 3 heterocycles. The lowest BCUT2D eigenvalue weighted by atomic mass is 9.94. The van der Waals surface area contributed by atoms with Crippen molar-refractivity contribution in [3.05, 3.63) is 76.3 Å². The minimum absolute atomic E-state index is 0.149. The number of nitrogens with zero attached hydrogens (tertiary/aromatic N) is 3. The van der Waals surface area contributed by atoms with E-state index >= 15 is 0 Å². The average molecular weight is 481 g/mol. The molecule has 0 radical (unpaired) electrons. The SMILES string of the molecule is Cc1cc([C@@H]2[C@H](c3ccccn3)NC(=S)N2c2cc(Cl)ccc2O)c(C)n1C1CCCCC1. The van der Waals surface area contributed by atoms with Crippen LogP contribution in [0.5, 0.6) is 5.75 Å². The largest absolute Gasteiger partial charge is 0.506 e. The summed E-state index contributed by atoms with van der Waals surface area (Å²) in [6.07, 6.45) is 8.14. The Kier molecular flexibility index (Phi) is 6.06. The lowest BCUT2D eigenvalue weighted by molar-refractivity contribution is 0.345. The predicted octanol–water partition coefficient (Wildman–Crippen LogP) is 6.54. The van der Waals surface area contributed by atoms with Crippen molar-refractivity contribution in [2.75, 3.05) is 4.90 Å². The van der Waals surface area contributed by atoms with Crippen molar-refractivity contribution in [3.63, 3.8) is 0 Å². The average Bonchev–Trinajstić information content (AvgIpc) is 3.31. The molecule has 2 fully saturated rings. The monoisotopic (exact) mass is 480 g/mol. The van der Waals surface area contributed by atoms with Gasteiger partial charge in [0.1, 0.15) is 5.75 Å². The topological polar surface area (TPSA) is 53.3 Å². The number of nitrogens with one attached hydrogen (secondary N) is 1. The smallest absolute Gasteiger partial charge is 0.174 e. The number of thiocarbonyl (C=S) groups is 1. The molecule has 2 N–H and O–H groups in total. The Labute approximate surface area is 205 Å². The molecule has 1 aliphatic heterocycles. The van der Waals surface area contributed by atoms with Crippen LogP contribution < -0.4 is 10.2 Å². The molecule has 2 aliphatic rings. The second-order valence-corrected chi connectivity index (χ2v) is 9.94. The van der Waals surface area contributed by atoms with Crippen molar-refractivity contribution in [1.82, 2.24) is 14.9 Å². The molecule has 5 rings (SSSR count). The molecule has 0 amide bonds. The van der Waals surface area contributed by atoms with Gasteiger partial charge in [-0.25, -0.2) is 0 Å². The highest BCUT2D eigenvalue weighted by molar-refractivity contribution is 7.80. The van der Waals surface area contributed by atoms with Crippen LogP contribution in [0, 0.1) is 13.8 Å². The van der Waals surface area contributed by atoms with Gasteiger partial charge in [-0.3, -0.25) is 4.98 Å². The number of pyridine rings is 1. The molecule has 0 spiro atoms. The van der Waals surface area contributed by atoms with Gasteiger partial charge in [-0.05, 0) is 80.9 Å². The van der Waals surface area contributed by atoms with E-state index in [9.17, 15) is 5.11 Å². The number of phenolic OH excluding ortho intramolecular Hbond substituents is 1. The number of rotatable bonds is 4. The van der Waals surface area contributed by atoms with E-state index in [1.54, 1.807) is 18.2 Å². The lowest BCUT2D eigenvalue weighted by Gasteiger charge is -2.30.